The molecule has 0 radical (unpaired) electrons. The minimum absolute atomic E-state index is 0.210. The second-order valence-corrected chi connectivity index (χ2v) is 9.39. The first kappa shape index (κ1) is 26.7. The normalized spacial score (nSPS) is 10.5. The predicted octanol–water partition coefficient (Wildman–Crippen LogP) is 7.16. The number of amides is 1. The van der Waals surface area contributed by atoms with Crippen LogP contribution in [-0.4, -0.2) is 24.2 Å². The molecule has 3 aromatic carbocycles. The molecule has 1 amide bonds. The van der Waals surface area contributed by atoms with Crippen LogP contribution in [0.4, 0.5) is 5.69 Å². The van der Waals surface area contributed by atoms with Crippen molar-refractivity contribution >= 4 is 44.9 Å². The third kappa shape index (κ3) is 9.34. The maximum Gasteiger partial charge on any atom is 0.261 e. The molecule has 0 aliphatic rings. The van der Waals surface area contributed by atoms with E-state index in [0.717, 1.165) is 35.2 Å². The molecule has 0 aliphatic carbocycles. The minimum atomic E-state index is -0.326. The van der Waals surface area contributed by atoms with E-state index in [0.29, 0.717) is 24.5 Å². The minimum Gasteiger partial charge on any atom is -0.493 e. The molecule has 0 spiro atoms. The van der Waals surface area contributed by atoms with Gasteiger partial charge in [0.25, 0.3) is 5.91 Å². The van der Waals surface area contributed by atoms with Crippen LogP contribution in [0, 0.1) is 0 Å². The van der Waals surface area contributed by atoms with E-state index in [1.54, 1.807) is 12.1 Å². The molecule has 35 heavy (non-hydrogen) atoms. The first-order valence-electron chi connectivity index (χ1n) is 11.9. The maximum absolute atomic E-state index is 12.9. The van der Waals surface area contributed by atoms with Crippen LogP contribution in [0.2, 0.25) is 0 Å². The molecule has 2 N–H and O–H groups in total. The third-order valence-electron chi connectivity index (χ3n) is 5.28. The first-order valence-corrected chi connectivity index (χ1v) is 13.1. The smallest absolute Gasteiger partial charge is 0.261 e. The van der Waals surface area contributed by atoms with Crippen molar-refractivity contribution in [2.45, 2.75) is 39.0 Å². The van der Waals surface area contributed by atoms with Gasteiger partial charge in [-0.1, -0.05) is 72.4 Å². The van der Waals surface area contributed by atoms with E-state index >= 15 is 0 Å². The summed E-state index contributed by atoms with van der Waals surface area (Å²) in [6, 6.07) is 23.1. The molecule has 0 saturated carbocycles. The second kappa shape index (κ2) is 14.5. The van der Waals surface area contributed by atoms with E-state index in [1.807, 2.05) is 48.5 Å². The lowest BCUT2D eigenvalue weighted by Crippen LogP contribution is -2.34. The Labute approximate surface area is 221 Å². The Morgan fingerprint density at radius 3 is 2.43 bits per heavy atom. The van der Waals surface area contributed by atoms with Crippen molar-refractivity contribution in [2.24, 2.45) is 0 Å². The lowest BCUT2D eigenvalue weighted by Gasteiger charge is -2.14. The fraction of sp³-hybridized carbons (Fsp3) is 0.286. The summed E-state index contributed by atoms with van der Waals surface area (Å²) in [5.74, 6) is 0.992. The van der Waals surface area contributed by atoms with Gasteiger partial charge in [0.2, 0.25) is 0 Å². The van der Waals surface area contributed by atoms with E-state index in [-0.39, 0.29) is 11.0 Å². The Balaban J connectivity index is 1.49. The molecule has 3 aromatic rings. The molecular weight excluding hydrogens is 524 g/mol. The lowest BCUT2D eigenvalue weighted by molar-refractivity contribution is 0.0973. The zero-order chi connectivity index (χ0) is 24.9. The van der Waals surface area contributed by atoms with Crippen molar-refractivity contribution in [3.05, 3.63) is 88.4 Å². The maximum atomic E-state index is 12.9. The van der Waals surface area contributed by atoms with Gasteiger partial charge < -0.3 is 14.8 Å². The number of anilines is 1. The molecule has 0 unspecified atom stereocenters. The van der Waals surface area contributed by atoms with Crippen LogP contribution in [0.5, 0.6) is 11.5 Å². The summed E-state index contributed by atoms with van der Waals surface area (Å²) in [6.07, 6.45) is 5.26. The van der Waals surface area contributed by atoms with Gasteiger partial charge in [-0.05, 0) is 66.7 Å². The Hall–Kier alpha value is -2.90. The van der Waals surface area contributed by atoms with Gasteiger partial charge in [-0.2, -0.15) is 0 Å². The van der Waals surface area contributed by atoms with Crippen molar-refractivity contribution in [1.82, 2.24) is 5.32 Å². The number of halogens is 1. The number of carbonyl (C=O) groups is 1. The van der Waals surface area contributed by atoms with Crippen LogP contribution in [-0.2, 0) is 6.42 Å². The van der Waals surface area contributed by atoms with Crippen LogP contribution in [0.1, 0.15) is 48.5 Å². The fourth-order valence-corrected chi connectivity index (χ4v) is 3.99. The number of nitrogens with one attached hydrogen (secondary N) is 2. The van der Waals surface area contributed by atoms with Gasteiger partial charge in [0.15, 0.2) is 5.11 Å². The van der Waals surface area contributed by atoms with Crippen LogP contribution >= 0.6 is 28.1 Å². The Morgan fingerprint density at radius 1 is 0.914 bits per heavy atom. The number of benzene rings is 3. The highest BCUT2D eigenvalue weighted by atomic mass is 79.9. The van der Waals surface area contributed by atoms with Gasteiger partial charge in [0.1, 0.15) is 11.5 Å². The summed E-state index contributed by atoms with van der Waals surface area (Å²) in [7, 11) is 0. The van der Waals surface area contributed by atoms with Gasteiger partial charge in [0.05, 0.1) is 18.8 Å². The second-order valence-electron chi connectivity index (χ2n) is 8.07. The van der Waals surface area contributed by atoms with Crippen molar-refractivity contribution in [3.8, 4) is 11.5 Å². The third-order valence-corrected chi connectivity index (χ3v) is 5.98. The Bertz CT molecular complexity index is 1090. The number of unbranched alkanes of at least 4 members (excludes halogenated alkanes) is 3. The largest absolute Gasteiger partial charge is 0.493 e. The van der Waals surface area contributed by atoms with E-state index in [4.69, 9.17) is 21.7 Å². The molecule has 0 saturated heterocycles. The molecule has 0 heterocycles. The summed E-state index contributed by atoms with van der Waals surface area (Å²) in [5.41, 5.74) is 2.43. The average molecular weight is 556 g/mol. The first-order chi connectivity index (χ1) is 17.0. The highest BCUT2D eigenvalue weighted by Crippen LogP contribution is 2.24. The number of rotatable bonds is 12. The molecule has 0 aromatic heterocycles. The van der Waals surface area contributed by atoms with E-state index in [1.165, 1.54) is 18.4 Å². The Morgan fingerprint density at radius 2 is 1.69 bits per heavy atom. The van der Waals surface area contributed by atoms with Gasteiger partial charge in [0, 0.05) is 16.6 Å². The molecule has 0 bridgehead atoms. The highest BCUT2D eigenvalue weighted by molar-refractivity contribution is 9.10. The van der Waals surface area contributed by atoms with Crippen LogP contribution in [0.15, 0.2) is 77.3 Å². The van der Waals surface area contributed by atoms with E-state index < -0.39 is 0 Å². The molecule has 7 heteroatoms. The van der Waals surface area contributed by atoms with Gasteiger partial charge in [-0.3, -0.25) is 10.1 Å². The molecule has 5 nitrogen and oxygen atoms in total. The van der Waals surface area contributed by atoms with Crippen molar-refractivity contribution in [1.29, 1.82) is 0 Å². The summed E-state index contributed by atoms with van der Waals surface area (Å²) in [6.45, 7) is 3.34. The van der Waals surface area contributed by atoms with E-state index in [9.17, 15) is 4.79 Å². The number of carbonyl (C=O) groups excluding carboxylic acids is 1. The zero-order valence-electron chi connectivity index (χ0n) is 19.9. The fourth-order valence-electron chi connectivity index (χ4n) is 3.42. The number of hydrogen-bond donors (Lipinski definition) is 2. The van der Waals surface area contributed by atoms with Crippen LogP contribution < -0.4 is 20.1 Å². The monoisotopic (exact) mass is 554 g/mol. The van der Waals surface area contributed by atoms with Gasteiger partial charge in [-0.15, -0.1) is 0 Å². The van der Waals surface area contributed by atoms with Crippen molar-refractivity contribution < 1.29 is 14.3 Å². The molecule has 0 fully saturated rings. The van der Waals surface area contributed by atoms with Gasteiger partial charge >= 0.3 is 0 Å². The zero-order valence-corrected chi connectivity index (χ0v) is 22.3. The average Bonchev–Trinajstić information content (AvgIpc) is 2.86. The Kier molecular flexibility index (Phi) is 11.1. The summed E-state index contributed by atoms with van der Waals surface area (Å²) in [5, 5.41) is 5.99. The van der Waals surface area contributed by atoms with Gasteiger partial charge in [-0.25, -0.2) is 0 Å². The molecule has 3 rings (SSSR count). The molecular formula is C28H31BrN2O3S. The number of thiocarbonyl (C=S) groups is 1. The molecule has 0 atom stereocenters. The highest BCUT2D eigenvalue weighted by Gasteiger charge is 2.15. The topological polar surface area (TPSA) is 59.6 Å². The predicted molar refractivity (Wildman–Crippen MR) is 150 cm³/mol. The quantitative estimate of drug-likeness (QED) is 0.184. The van der Waals surface area contributed by atoms with E-state index in [2.05, 4.69) is 45.6 Å². The van der Waals surface area contributed by atoms with Crippen molar-refractivity contribution in [2.75, 3.05) is 18.5 Å². The standard InChI is InChI=1S/C28H31BrN2O3S/c1-2-3-4-8-18-34-26-16-11-22(29)20-25(26)27(32)31-28(35)30-23-12-14-24(15-13-23)33-19-17-21-9-6-5-7-10-21/h5-7,9-16,20H,2-4,8,17-19H2,1H3,(H2,30,31,32,35). The summed E-state index contributed by atoms with van der Waals surface area (Å²) < 4.78 is 12.5. The van der Waals surface area contributed by atoms with Crippen molar-refractivity contribution in [3.63, 3.8) is 0 Å². The molecule has 0 aliphatic heterocycles. The number of ether oxygens (including phenoxy) is 2. The number of hydrogen-bond acceptors (Lipinski definition) is 4. The molecule has 184 valence electrons. The lowest BCUT2D eigenvalue weighted by atomic mass is 10.2. The SMILES string of the molecule is CCCCCCOc1ccc(Br)cc1C(=O)NC(=S)Nc1ccc(OCCc2ccccc2)cc1. The van der Waals surface area contributed by atoms with Crippen LogP contribution in [0.3, 0.4) is 0 Å². The summed E-state index contributed by atoms with van der Waals surface area (Å²) in [4.78, 5) is 12.9. The van der Waals surface area contributed by atoms with Crippen LogP contribution in [0.25, 0.3) is 0 Å². The summed E-state index contributed by atoms with van der Waals surface area (Å²) >= 11 is 8.78.